The maximum atomic E-state index is 11.9. The number of rotatable bonds is 7. The number of hydrogen-bond acceptors (Lipinski definition) is 2. The van der Waals surface area contributed by atoms with Crippen LogP contribution in [0, 0.1) is 17.3 Å². The Morgan fingerprint density at radius 1 is 1.10 bits per heavy atom. The van der Waals surface area contributed by atoms with Gasteiger partial charge in [-0.15, -0.1) is 0 Å². The van der Waals surface area contributed by atoms with Crippen LogP contribution in [0.4, 0.5) is 0 Å². The van der Waals surface area contributed by atoms with Crippen LogP contribution < -0.4 is 0 Å². The predicted octanol–water partition coefficient (Wildman–Crippen LogP) is 4.83. The van der Waals surface area contributed by atoms with Crippen LogP contribution in [-0.4, -0.2) is 5.97 Å². The van der Waals surface area contributed by atoms with Gasteiger partial charge in [-0.05, 0) is 29.2 Å². The standard InChI is InChI=1S/C18H28O2/c1-14(2)18(5,15(3)4)12-11-17(19)20-13-16-9-7-6-8-10-16/h6-10,14-15H,11-13H2,1-5H3. The first-order valence-corrected chi connectivity index (χ1v) is 7.56. The molecular formula is C18H28O2. The van der Waals surface area contributed by atoms with Gasteiger partial charge < -0.3 is 4.74 Å². The van der Waals surface area contributed by atoms with Crippen molar-refractivity contribution in [2.24, 2.45) is 17.3 Å². The lowest BCUT2D eigenvalue weighted by Crippen LogP contribution is -2.30. The SMILES string of the molecule is CC(C)C(C)(CCC(=O)OCc1ccccc1)C(C)C. The molecule has 0 aliphatic heterocycles. The molecule has 0 heterocycles. The van der Waals surface area contributed by atoms with Gasteiger partial charge in [-0.25, -0.2) is 0 Å². The van der Waals surface area contributed by atoms with Crippen molar-refractivity contribution < 1.29 is 9.53 Å². The molecule has 0 amide bonds. The van der Waals surface area contributed by atoms with E-state index in [1.165, 1.54) is 0 Å². The summed E-state index contributed by atoms with van der Waals surface area (Å²) < 4.78 is 5.34. The number of benzene rings is 1. The highest BCUT2D eigenvalue weighted by atomic mass is 16.5. The molecule has 0 aliphatic carbocycles. The highest BCUT2D eigenvalue weighted by Crippen LogP contribution is 2.39. The Kier molecular flexibility index (Phi) is 6.25. The van der Waals surface area contributed by atoms with Gasteiger partial charge in [0.25, 0.3) is 0 Å². The predicted molar refractivity (Wildman–Crippen MR) is 83.3 cm³/mol. The molecule has 20 heavy (non-hydrogen) atoms. The summed E-state index contributed by atoms with van der Waals surface area (Å²) in [6, 6.07) is 9.82. The van der Waals surface area contributed by atoms with Crippen LogP contribution >= 0.6 is 0 Å². The topological polar surface area (TPSA) is 26.3 Å². The number of carbonyl (C=O) groups excluding carboxylic acids is 1. The molecule has 0 radical (unpaired) electrons. The molecule has 0 fully saturated rings. The monoisotopic (exact) mass is 276 g/mol. The molecule has 0 saturated heterocycles. The van der Waals surface area contributed by atoms with Crippen molar-refractivity contribution in [3.05, 3.63) is 35.9 Å². The summed E-state index contributed by atoms with van der Waals surface area (Å²) >= 11 is 0. The van der Waals surface area contributed by atoms with E-state index in [9.17, 15) is 4.79 Å². The molecule has 0 atom stereocenters. The highest BCUT2D eigenvalue weighted by Gasteiger charge is 2.32. The number of ether oxygens (including phenoxy) is 1. The molecule has 0 aromatic heterocycles. The fourth-order valence-corrected chi connectivity index (χ4v) is 2.43. The third-order valence-electron chi connectivity index (χ3n) is 4.75. The molecule has 0 bridgehead atoms. The number of esters is 1. The van der Waals surface area contributed by atoms with Crippen molar-refractivity contribution >= 4 is 5.97 Å². The molecular weight excluding hydrogens is 248 g/mol. The van der Waals surface area contributed by atoms with Crippen molar-refractivity contribution in [2.45, 2.75) is 54.1 Å². The van der Waals surface area contributed by atoms with E-state index in [1.807, 2.05) is 30.3 Å². The zero-order valence-electron chi connectivity index (χ0n) is 13.5. The first kappa shape index (κ1) is 16.7. The average Bonchev–Trinajstić information content (AvgIpc) is 2.43. The zero-order valence-corrected chi connectivity index (χ0v) is 13.5. The Morgan fingerprint density at radius 3 is 2.15 bits per heavy atom. The van der Waals surface area contributed by atoms with Crippen molar-refractivity contribution in [3.63, 3.8) is 0 Å². The van der Waals surface area contributed by atoms with E-state index in [0.29, 0.717) is 24.9 Å². The van der Waals surface area contributed by atoms with Gasteiger partial charge in [0.15, 0.2) is 0 Å². The van der Waals surface area contributed by atoms with Crippen LogP contribution in [-0.2, 0) is 16.1 Å². The fraction of sp³-hybridized carbons (Fsp3) is 0.611. The minimum atomic E-state index is -0.0959. The van der Waals surface area contributed by atoms with Crippen molar-refractivity contribution in [1.82, 2.24) is 0 Å². The average molecular weight is 276 g/mol. The second-order valence-corrected chi connectivity index (χ2v) is 6.46. The van der Waals surface area contributed by atoms with E-state index >= 15 is 0 Å². The van der Waals surface area contributed by atoms with Crippen LogP contribution in [0.3, 0.4) is 0 Å². The third kappa shape index (κ3) is 4.66. The van der Waals surface area contributed by atoms with E-state index in [-0.39, 0.29) is 11.4 Å². The molecule has 1 aromatic carbocycles. The van der Waals surface area contributed by atoms with Crippen molar-refractivity contribution in [2.75, 3.05) is 0 Å². The quantitative estimate of drug-likeness (QED) is 0.667. The maximum Gasteiger partial charge on any atom is 0.306 e. The third-order valence-corrected chi connectivity index (χ3v) is 4.75. The normalized spacial score (nSPS) is 11.9. The van der Waals surface area contributed by atoms with Crippen LogP contribution in [0.5, 0.6) is 0 Å². The minimum Gasteiger partial charge on any atom is -0.461 e. The van der Waals surface area contributed by atoms with E-state index < -0.39 is 0 Å². The molecule has 1 aromatic rings. The smallest absolute Gasteiger partial charge is 0.306 e. The molecule has 0 aliphatic rings. The Labute approximate surface area is 123 Å². The Hall–Kier alpha value is -1.31. The molecule has 0 saturated carbocycles. The highest BCUT2D eigenvalue weighted by molar-refractivity contribution is 5.69. The van der Waals surface area contributed by atoms with Crippen LogP contribution in [0.2, 0.25) is 0 Å². The minimum absolute atomic E-state index is 0.0959. The van der Waals surface area contributed by atoms with Gasteiger partial charge in [0, 0.05) is 6.42 Å². The van der Waals surface area contributed by atoms with Gasteiger partial charge in [0.1, 0.15) is 6.61 Å². The summed E-state index contributed by atoms with van der Waals surface area (Å²) in [7, 11) is 0. The Bertz CT molecular complexity index is 399. The van der Waals surface area contributed by atoms with Gasteiger partial charge in [0.05, 0.1) is 0 Å². The first-order chi connectivity index (χ1) is 9.36. The lowest BCUT2D eigenvalue weighted by Gasteiger charge is -2.37. The van der Waals surface area contributed by atoms with Gasteiger partial charge in [-0.2, -0.15) is 0 Å². The van der Waals surface area contributed by atoms with E-state index in [2.05, 4.69) is 34.6 Å². The zero-order chi connectivity index (χ0) is 15.2. The first-order valence-electron chi connectivity index (χ1n) is 7.56. The molecule has 0 spiro atoms. The second kappa shape index (κ2) is 7.47. The summed E-state index contributed by atoms with van der Waals surface area (Å²) in [5.41, 5.74) is 1.22. The maximum absolute atomic E-state index is 11.9. The molecule has 112 valence electrons. The summed E-state index contributed by atoms with van der Waals surface area (Å²) in [4.78, 5) is 11.9. The van der Waals surface area contributed by atoms with Crippen molar-refractivity contribution in [1.29, 1.82) is 0 Å². The lowest BCUT2D eigenvalue weighted by molar-refractivity contribution is -0.146. The number of hydrogen-bond donors (Lipinski definition) is 0. The summed E-state index contributed by atoms with van der Waals surface area (Å²) in [5.74, 6) is 1.02. The molecule has 2 heteroatoms. The summed E-state index contributed by atoms with van der Waals surface area (Å²) in [6.45, 7) is 11.6. The Morgan fingerprint density at radius 2 is 1.65 bits per heavy atom. The summed E-state index contributed by atoms with van der Waals surface area (Å²) in [6.07, 6.45) is 1.38. The van der Waals surface area contributed by atoms with Crippen LogP contribution in [0.1, 0.15) is 53.0 Å². The molecule has 1 rings (SSSR count). The van der Waals surface area contributed by atoms with Crippen LogP contribution in [0.25, 0.3) is 0 Å². The van der Waals surface area contributed by atoms with Gasteiger partial charge >= 0.3 is 5.97 Å². The van der Waals surface area contributed by atoms with Crippen molar-refractivity contribution in [3.8, 4) is 0 Å². The Balaban J connectivity index is 2.43. The second-order valence-electron chi connectivity index (χ2n) is 6.46. The van der Waals surface area contributed by atoms with Gasteiger partial charge in [-0.3, -0.25) is 4.79 Å². The van der Waals surface area contributed by atoms with Crippen LogP contribution in [0.15, 0.2) is 30.3 Å². The van der Waals surface area contributed by atoms with E-state index in [0.717, 1.165) is 12.0 Å². The lowest BCUT2D eigenvalue weighted by atomic mass is 9.68. The van der Waals surface area contributed by atoms with Gasteiger partial charge in [0.2, 0.25) is 0 Å². The number of carbonyl (C=O) groups is 1. The molecule has 0 N–H and O–H groups in total. The largest absolute Gasteiger partial charge is 0.461 e. The fourth-order valence-electron chi connectivity index (χ4n) is 2.43. The van der Waals surface area contributed by atoms with E-state index in [4.69, 9.17) is 4.74 Å². The van der Waals surface area contributed by atoms with Gasteiger partial charge in [-0.1, -0.05) is 65.0 Å². The molecule has 2 nitrogen and oxygen atoms in total. The summed E-state index contributed by atoms with van der Waals surface area (Å²) in [5, 5.41) is 0. The molecule has 0 unspecified atom stereocenters. The van der Waals surface area contributed by atoms with E-state index in [1.54, 1.807) is 0 Å².